The topological polar surface area (TPSA) is 25.4 Å². The van der Waals surface area contributed by atoms with Gasteiger partial charge in [0.15, 0.2) is 0 Å². The van der Waals surface area contributed by atoms with E-state index < -0.39 is 11.7 Å². The lowest BCUT2D eigenvalue weighted by atomic mass is 9.83. The Hall–Kier alpha value is -1.82. The third kappa shape index (κ3) is 4.52. The Morgan fingerprint density at radius 1 is 1.07 bits per heavy atom. The van der Waals surface area contributed by atoms with Crippen LogP contribution < -0.4 is 4.74 Å². The summed E-state index contributed by atoms with van der Waals surface area (Å²) in [4.78, 5) is 6.63. The fourth-order valence-electron chi connectivity index (χ4n) is 4.29. The summed E-state index contributed by atoms with van der Waals surface area (Å²) in [6.45, 7) is 15.7. The minimum absolute atomic E-state index is 0.0181. The van der Waals surface area contributed by atoms with Crippen LogP contribution in [0.15, 0.2) is 24.3 Å². The number of halogens is 3. The maximum absolute atomic E-state index is 13.5. The van der Waals surface area contributed by atoms with Crippen LogP contribution in [0.2, 0.25) is 0 Å². The molecular weight excluding hydrogens is 377 g/mol. The Balaban J connectivity index is 1.99. The van der Waals surface area contributed by atoms with Gasteiger partial charge in [-0.3, -0.25) is 9.88 Å². The first-order chi connectivity index (χ1) is 13.2. The number of nitrogens with zero attached hydrogens (tertiary/aromatic N) is 2. The van der Waals surface area contributed by atoms with Gasteiger partial charge >= 0.3 is 6.18 Å². The maximum Gasteiger partial charge on any atom is 0.418 e. The third-order valence-corrected chi connectivity index (χ3v) is 5.65. The predicted octanol–water partition coefficient (Wildman–Crippen LogP) is 6.23. The Labute approximate surface area is 171 Å². The molecule has 0 amide bonds. The molecule has 3 nitrogen and oxygen atoms in total. The van der Waals surface area contributed by atoms with E-state index >= 15 is 0 Å². The van der Waals surface area contributed by atoms with Crippen LogP contribution in [0.1, 0.15) is 59.2 Å². The first kappa shape index (κ1) is 21.9. The molecule has 1 fully saturated rings. The van der Waals surface area contributed by atoms with Gasteiger partial charge in [0, 0.05) is 41.7 Å². The average molecular weight is 409 g/mol. The number of hydrogen-bond donors (Lipinski definition) is 0. The Morgan fingerprint density at radius 2 is 1.72 bits per heavy atom. The van der Waals surface area contributed by atoms with Gasteiger partial charge in [0.25, 0.3) is 0 Å². The van der Waals surface area contributed by atoms with Crippen LogP contribution in [0, 0.1) is 12.3 Å². The molecule has 29 heavy (non-hydrogen) atoms. The van der Waals surface area contributed by atoms with Crippen molar-refractivity contribution in [3.63, 3.8) is 0 Å². The number of benzene rings is 1. The van der Waals surface area contributed by atoms with Gasteiger partial charge in [-0.05, 0) is 45.2 Å². The number of pyridine rings is 1. The molecule has 1 aliphatic heterocycles. The predicted molar refractivity (Wildman–Crippen MR) is 110 cm³/mol. The van der Waals surface area contributed by atoms with E-state index in [1.807, 2.05) is 0 Å². The molecule has 0 aliphatic carbocycles. The highest BCUT2D eigenvalue weighted by Crippen LogP contribution is 2.41. The number of aryl methyl sites for hydroxylation is 1. The minimum Gasteiger partial charge on any atom is -0.488 e. The van der Waals surface area contributed by atoms with Gasteiger partial charge in [-0.25, -0.2) is 0 Å². The van der Waals surface area contributed by atoms with E-state index in [4.69, 9.17) is 4.74 Å². The summed E-state index contributed by atoms with van der Waals surface area (Å²) in [7, 11) is 0. The van der Waals surface area contributed by atoms with Crippen LogP contribution in [-0.4, -0.2) is 34.1 Å². The van der Waals surface area contributed by atoms with Crippen LogP contribution in [0.4, 0.5) is 13.2 Å². The molecule has 6 heteroatoms. The van der Waals surface area contributed by atoms with E-state index in [9.17, 15) is 13.2 Å². The lowest BCUT2D eigenvalue weighted by Gasteiger charge is -2.42. The van der Waals surface area contributed by atoms with Gasteiger partial charge in [-0.1, -0.05) is 26.8 Å². The maximum atomic E-state index is 13.5. The van der Waals surface area contributed by atoms with Crippen LogP contribution in [0.5, 0.6) is 5.75 Å². The standard InChI is InChI=1S/C23H31F3N2O/c1-14-11-18(16-9-8-10-17(20(16)27-14)23(24,25)26)29-15-12-19(21(2,3)4)28(13-15)22(5,6)7/h8-11,15,19H,12-13H2,1-7H3. The van der Waals surface area contributed by atoms with E-state index in [-0.39, 0.29) is 22.6 Å². The quantitative estimate of drug-likeness (QED) is 0.589. The first-order valence-electron chi connectivity index (χ1n) is 10.1. The third-order valence-electron chi connectivity index (χ3n) is 5.65. The fourth-order valence-corrected chi connectivity index (χ4v) is 4.29. The summed E-state index contributed by atoms with van der Waals surface area (Å²) in [5.41, 5.74) is -0.199. The molecule has 0 radical (unpaired) electrons. The largest absolute Gasteiger partial charge is 0.488 e. The summed E-state index contributed by atoms with van der Waals surface area (Å²) in [5, 5.41) is 0.409. The molecule has 2 atom stereocenters. The zero-order valence-electron chi connectivity index (χ0n) is 18.3. The molecule has 0 N–H and O–H groups in total. The van der Waals surface area contributed by atoms with E-state index in [2.05, 4.69) is 51.4 Å². The minimum atomic E-state index is -4.45. The second kappa shape index (κ2) is 7.15. The lowest BCUT2D eigenvalue weighted by molar-refractivity contribution is -0.136. The number of likely N-dealkylation sites (tertiary alicyclic amines) is 1. The zero-order valence-corrected chi connectivity index (χ0v) is 18.3. The summed E-state index contributed by atoms with van der Waals surface area (Å²) < 4.78 is 46.7. The van der Waals surface area contributed by atoms with Crippen molar-refractivity contribution in [3.8, 4) is 5.75 Å². The number of rotatable bonds is 2. The van der Waals surface area contributed by atoms with Crippen molar-refractivity contribution < 1.29 is 17.9 Å². The van der Waals surface area contributed by atoms with Crippen molar-refractivity contribution in [1.82, 2.24) is 9.88 Å². The molecule has 0 saturated carbocycles. The number of fused-ring (bicyclic) bond motifs is 1. The number of aromatic nitrogens is 1. The molecule has 1 aromatic carbocycles. The molecule has 2 heterocycles. The smallest absolute Gasteiger partial charge is 0.418 e. The van der Waals surface area contributed by atoms with E-state index in [1.54, 1.807) is 19.1 Å². The molecule has 2 aromatic rings. The zero-order chi connectivity index (χ0) is 21.8. The van der Waals surface area contributed by atoms with Crippen LogP contribution in [-0.2, 0) is 6.18 Å². The lowest BCUT2D eigenvalue weighted by Crippen LogP contribution is -2.49. The van der Waals surface area contributed by atoms with E-state index in [0.29, 0.717) is 22.9 Å². The van der Waals surface area contributed by atoms with Crippen LogP contribution >= 0.6 is 0 Å². The van der Waals surface area contributed by atoms with Gasteiger partial charge in [0.1, 0.15) is 11.9 Å². The van der Waals surface area contributed by atoms with Gasteiger partial charge in [0.05, 0.1) is 11.1 Å². The summed E-state index contributed by atoms with van der Waals surface area (Å²) in [6, 6.07) is 6.22. The van der Waals surface area contributed by atoms with Crippen molar-refractivity contribution in [2.45, 2.75) is 78.7 Å². The molecule has 0 spiro atoms. The Kier molecular flexibility index (Phi) is 5.39. The fraction of sp³-hybridized carbons (Fsp3) is 0.609. The first-order valence-corrected chi connectivity index (χ1v) is 10.1. The van der Waals surface area contributed by atoms with Crippen molar-refractivity contribution >= 4 is 10.9 Å². The summed E-state index contributed by atoms with van der Waals surface area (Å²) >= 11 is 0. The molecule has 3 rings (SSSR count). The van der Waals surface area contributed by atoms with Crippen molar-refractivity contribution in [2.24, 2.45) is 5.41 Å². The van der Waals surface area contributed by atoms with Crippen molar-refractivity contribution in [3.05, 3.63) is 35.5 Å². The number of hydrogen-bond acceptors (Lipinski definition) is 3. The highest BCUT2D eigenvalue weighted by Gasteiger charge is 2.44. The second-order valence-corrected chi connectivity index (χ2v) is 10.1. The monoisotopic (exact) mass is 408 g/mol. The molecule has 160 valence electrons. The number of ether oxygens (including phenoxy) is 1. The Bertz CT molecular complexity index is 872. The van der Waals surface area contributed by atoms with Crippen LogP contribution in [0.25, 0.3) is 10.9 Å². The van der Waals surface area contributed by atoms with Gasteiger partial charge in [-0.15, -0.1) is 0 Å². The molecule has 1 aromatic heterocycles. The second-order valence-electron chi connectivity index (χ2n) is 10.1. The highest BCUT2D eigenvalue weighted by atomic mass is 19.4. The normalized spacial score (nSPS) is 21.7. The van der Waals surface area contributed by atoms with Gasteiger partial charge in [-0.2, -0.15) is 13.2 Å². The van der Waals surface area contributed by atoms with Gasteiger partial charge in [0.2, 0.25) is 0 Å². The Morgan fingerprint density at radius 3 is 2.24 bits per heavy atom. The molecule has 1 saturated heterocycles. The molecule has 1 aliphatic rings. The molecular formula is C23H31F3N2O. The SMILES string of the molecule is Cc1cc(OC2CC(C(C)(C)C)N(C(C)(C)C)C2)c2cccc(C(F)(F)F)c2n1. The number of para-hydroxylation sites is 1. The van der Waals surface area contributed by atoms with E-state index in [1.165, 1.54) is 6.07 Å². The van der Waals surface area contributed by atoms with Gasteiger partial charge < -0.3 is 4.74 Å². The summed E-state index contributed by atoms with van der Waals surface area (Å²) in [6.07, 6.45) is -3.70. The van der Waals surface area contributed by atoms with Crippen molar-refractivity contribution in [2.75, 3.05) is 6.54 Å². The highest BCUT2D eigenvalue weighted by molar-refractivity contribution is 5.88. The van der Waals surface area contributed by atoms with Crippen LogP contribution in [0.3, 0.4) is 0 Å². The number of alkyl halides is 3. The summed E-state index contributed by atoms with van der Waals surface area (Å²) in [5.74, 6) is 0.479. The van der Waals surface area contributed by atoms with E-state index in [0.717, 1.165) is 19.0 Å². The van der Waals surface area contributed by atoms with Crippen molar-refractivity contribution in [1.29, 1.82) is 0 Å². The molecule has 0 bridgehead atoms. The average Bonchev–Trinajstić information content (AvgIpc) is 2.97. The molecule has 2 unspecified atom stereocenters.